The number of hydrogen-bond donors (Lipinski definition) is 2. The minimum atomic E-state index is -0.846. The summed E-state index contributed by atoms with van der Waals surface area (Å²) in [6.07, 6.45) is 0.995. The molecule has 0 fully saturated rings. The fraction of sp³-hybridized carbons (Fsp3) is 0.318. The molecule has 1 unspecified atom stereocenters. The number of nitrogens with one attached hydrogen (secondary N) is 2. The van der Waals surface area contributed by atoms with E-state index in [2.05, 4.69) is 40.8 Å². The number of rotatable bonds is 5. The monoisotopic (exact) mass is 425 g/mol. The van der Waals surface area contributed by atoms with Gasteiger partial charge in [-0.25, -0.2) is 0 Å². The Hall–Kier alpha value is -3.08. The van der Waals surface area contributed by atoms with Gasteiger partial charge in [0.05, 0.1) is 17.3 Å². The second-order valence-corrected chi connectivity index (χ2v) is 7.94. The number of amides is 2. The zero-order chi connectivity index (χ0) is 21.8. The van der Waals surface area contributed by atoms with Gasteiger partial charge in [0.25, 0.3) is 0 Å². The van der Waals surface area contributed by atoms with Gasteiger partial charge in [0.15, 0.2) is 0 Å². The van der Waals surface area contributed by atoms with Gasteiger partial charge in [-0.05, 0) is 55.9 Å². The van der Waals surface area contributed by atoms with Crippen molar-refractivity contribution in [2.24, 2.45) is 0 Å². The van der Waals surface area contributed by atoms with Crippen LogP contribution in [-0.4, -0.2) is 50.9 Å². The molecule has 0 spiro atoms. The molecule has 1 heterocycles. The summed E-state index contributed by atoms with van der Waals surface area (Å²) in [5.41, 5.74) is 4.04. The highest BCUT2D eigenvalue weighted by atomic mass is 35.5. The summed E-state index contributed by atoms with van der Waals surface area (Å²) < 4.78 is 0. The standard InChI is InChI=1S/C22H24ClN5O2/c1-27(2)20(14-5-7-19-15(10-14)8-9-28(19)3)13-25-21(29)22(30)26-18-11-17(23)6-4-16(18)12-24/h4-7,10-11,20H,8-9,13H2,1-3H3,(H,25,29)(H,26,30). The van der Waals surface area contributed by atoms with Gasteiger partial charge in [0.2, 0.25) is 0 Å². The number of carbonyl (C=O) groups is 2. The lowest BCUT2D eigenvalue weighted by Gasteiger charge is -2.26. The molecule has 7 nitrogen and oxygen atoms in total. The quantitative estimate of drug-likeness (QED) is 0.719. The number of benzene rings is 2. The summed E-state index contributed by atoms with van der Waals surface area (Å²) in [5.74, 6) is -1.62. The van der Waals surface area contributed by atoms with Crippen molar-refractivity contribution in [3.63, 3.8) is 0 Å². The van der Waals surface area contributed by atoms with Crippen LogP contribution in [0.15, 0.2) is 36.4 Å². The third-order valence-corrected chi connectivity index (χ3v) is 5.49. The predicted octanol–water partition coefficient (Wildman–Crippen LogP) is 2.56. The van der Waals surface area contributed by atoms with Gasteiger partial charge < -0.3 is 20.4 Å². The molecule has 1 aliphatic heterocycles. The molecule has 156 valence electrons. The average molecular weight is 426 g/mol. The highest BCUT2D eigenvalue weighted by Gasteiger charge is 2.22. The molecule has 0 aromatic heterocycles. The lowest BCUT2D eigenvalue weighted by molar-refractivity contribution is -0.136. The molecule has 2 aromatic carbocycles. The van der Waals surface area contributed by atoms with E-state index in [1.165, 1.54) is 23.4 Å². The largest absolute Gasteiger partial charge is 0.374 e. The maximum Gasteiger partial charge on any atom is 0.313 e. The third-order valence-electron chi connectivity index (χ3n) is 5.25. The molecule has 0 saturated carbocycles. The van der Waals surface area contributed by atoms with E-state index in [9.17, 15) is 9.59 Å². The second kappa shape index (κ2) is 9.16. The first-order chi connectivity index (χ1) is 14.3. The molecule has 0 saturated heterocycles. The van der Waals surface area contributed by atoms with Crippen molar-refractivity contribution in [3.05, 3.63) is 58.1 Å². The highest BCUT2D eigenvalue weighted by molar-refractivity contribution is 6.40. The van der Waals surface area contributed by atoms with Crippen LogP contribution in [-0.2, 0) is 16.0 Å². The molecule has 30 heavy (non-hydrogen) atoms. The molecule has 0 bridgehead atoms. The molecule has 2 amide bonds. The van der Waals surface area contributed by atoms with E-state index < -0.39 is 11.8 Å². The van der Waals surface area contributed by atoms with Gasteiger partial charge in [0, 0.05) is 30.8 Å². The topological polar surface area (TPSA) is 88.5 Å². The Morgan fingerprint density at radius 2 is 2.00 bits per heavy atom. The van der Waals surface area contributed by atoms with Crippen LogP contribution in [0.5, 0.6) is 0 Å². The summed E-state index contributed by atoms with van der Waals surface area (Å²) in [7, 11) is 5.94. The summed E-state index contributed by atoms with van der Waals surface area (Å²) in [4.78, 5) is 28.9. The minimum Gasteiger partial charge on any atom is -0.374 e. The molecule has 2 N–H and O–H groups in total. The lowest BCUT2D eigenvalue weighted by atomic mass is 10.0. The van der Waals surface area contributed by atoms with Gasteiger partial charge in [-0.3, -0.25) is 9.59 Å². The number of hydrogen-bond acceptors (Lipinski definition) is 5. The minimum absolute atomic E-state index is 0.0844. The van der Waals surface area contributed by atoms with E-state index >= 15 is 0 Å². The fourth-order valence-corrected chi connectivity index (χ4v) is 3.73. The van der Waals surface area contributed by atoms with Gasteiger partial charge in [0.1, 0.15) is 6.07 Å². The molecule has 2 aromatic rings. The summed E-state index contributed by atoms with van der Waals surface area (Å²) in [5, 5.41) is 14.7. The van der Waals surface area contributed by atoms with Crippen molar-refractivity contribution in [2.45, 2.75) is 12.5 Å². The molecular formula is C22H24ClN5O2. The number of fused-ring (bicyclic) bond motifs is 1. The van der Waals surface area contributed by atoms with Crippen LogP contribution in [0, 0.1) is 11.3 Å². The highest BCUT2D eigenvalue weighted by Crippen LogP contribution is 2.30. The molecule has 8 heteroatoms. The van der Waals surface area contributed by atoms with Crippen LogP contribution in [0.1, 0.15) is 22.7 Å². The average Bonchev–Trinajstić information content (AvgIpc) is 3.08. The Morgan fingerprint density at radius 3 is 2.70 bits per heavy atom. The van der Waals surface area contributed by atoms with Crippen LogP contribution in [0.2, 0.25) is 5.02 Å². The van der Waals surface area contributed by atoms with Crippen molar-refractivity contribution >= 4 is 34.8 Å². The van der Waals surface area contributed by atoms with Gasteiger partial charge in [-0.15, -0.1) is 0 Å². The third kappa shape index (κ3) is 4.73. The fourth-order valence-electron chi connectivity index (χ4n) is 3.56. The van der Waals surface area contributed by atoms with E-state index in [0.717, 1.165) is 18.5 Å². The Bertz CT molecular complexity index is 1020. The van der Waals surface area contributed by atoms with Gasteiger partial charge >= 0.3 is 11.8 Å². The van der Waals surface area contributed by atoms with E-state index in [-0.39, 0.29) is 23.8 Å². The van der Waals surface area contributed by atoms with Crippen molar-refractivity contribution in [1.29, 1.82) is 5.26 Å². The normalized spacial score (nSPS) is 13.5. The first kappa shape index (κ1) is 21.6. The zero-order valence-corrected chi connectivity index (χ0v) is 18.0. The van der Waals surface area contributed by atoms with Crippen molar-refractivity contribution in [1.82, 2.24) is 10.2 Å². The van der Waals surface area contributed by atoms with Crippen molar-refractivity contribution in [2.75, 3.05) is 44.4 Å². The zero-order valence-electron chi connectivity index (χ0n) is 17.2. The summed E-state index contributed by atoms with van der Waals surface area (Å²) in [6.45, 7) is 1.27. The Kier molecular flexibility index (Phi) is 6.60. The predicted molar refractivity (Wildman–Crippen MR) is 118 cm³/mol. The van der Waals surface area contributed by atoms with Gasteiger partial charge in [-0.1, -0.05) is 23.7 Å². The maximum absolute atomic E-state index is 12.4. The SMILES string of the molecule is CN1CCc2cc(C(CNC(=O)C(=O)Nc3cc(Cl)ccc3C#N)N(C)C)ccc21. The maximum atomic E-state index is 12.4. The smallest absolute Gasteiger partial charge is 0.313 e. The number of nitrogens with zero attached hydrogens (tertiary/aromatic N) is 3. The van der Waals surface area contributed by atoms with E-state index in [1.807, 2.05) is 25.1 Å². The number of carbonyl (C=O) groups excluding carboxylic acids is 2. The van der Waals surface area contributed by atoms with E-state index in [4.69, 9.17) is 16.9 Å². The van der Waals surface area contributed by atoms with Gasteiger partial charge in [-0.2, -0.15) is 5.26 Å². The van der Waals surface area contributed by atoms with E-state index in [0.29, 0.717) is 5.02 Å². The van der Waals surface area contributed by atoms with Crippen LogP contribution in [0.3, 0.4) is 0 Å². The second-order valence-electron chi connectivity index (χ2n) is 7.50. The Morgan fingerprint density at radius 1 is 1.23 bits per heavy atom. The first-order valence-electron chi connectivity index (χ1n) is 9.59. The molecule has 1 aliphatic rings. The van der Waals surface area contributed by atoms with Crippen molar-refractivity contribution in [3.8, 4) is 6.07 Å². The van der Waals surface area contributed by atoms with E-state index in [1.54, 1.807) is 6.07 Å². The van der Waals surface area contributed by atoms with Crippen LogP contribution >= 0.6 is 11.6 Å². The number of anilines is 2. The van der Waals surface area contributed by atoms with Crippen LogP contribution < -0.4 is 15.5 Å². The first-order valence-corrected chi connectivity index (χ1v) is 9.97. The van der Waals surface area contributed by atoms with Crippen molar-refractivity contribution < 1.29 is 9.59 Å². The summed E-state index contributed by atoms with van der Waals surface area (Å²) in [6, 6.07) is 12.7. The molecule has 0 aliphatic carbocycles. The number of nitriles is 1. The Labute approximate surface area is 181 Å². The summed E-state index contributed by atoms with van der Waals surface area (Å²) >= 11 is 5.92. The van der Waals surface area contributed by atoms with Crippen LogP contribution in [0.4, 0.5) is 11.4 Å². The number of likely N-dealkylation sites (N-methyl/N-ethyl adjacent to an activating group) is 2. The lowest BCUT2D eigenvalue weighted by Crippen LogP contribution is -2.40. The molecular weight excluding hydrogens is 402 g/mol. The number of halogens is 1. The Balaban J connectivity index is 1.67. The molecule has 0 radical (unpaired) electrons. The molecule has 3 rings (SSSR count). The molecule has 1 atom stereocenters. The van der Waals surface area contributed by atoms with Crippen LogP contribution in [0.25, 0.3) is 0 Å².